The molecule has 0 saturated heterocycles. The quantitative estimate of drug-likeness (QED) is 0.347. The zero-order valence-corrected chi connectivity index (χ0v) is 21.1. The van der Waals surface area contributed by atoms with E-state index in [-0.39, 0.29) is 5.41 Å². The molecule has 3 rings (SSSR count). The fourth-order valence-corrected chi connectivity index (χ4v) is 2.84. The molecule has 0 spiro atoms. The van der Waals surface area contributed by atoms with E-state index in [1.54, 1.807) is 12.2 Å². The highest BCUT2D eigenvalue weighted by Crippen LogP contribution is 2.44. The lowest BCUT2D eigenvalue weighted by molar-refractivity contribution is -0.0103. The van der Waals surface area contributed by atoms with Gasteiger partial charge < -0.3 is 9.84 Å². The molecule has 2 aromatic rings. The van der Waals surface area contributed by atoms with Crippen LogP contribution in [0.2, 0.25) is 0 Å². The molecular formula is C31H36NO2. The van der Waals surface area contributed by atoms with E-state index in [9.17, 15) is 5.11 Å². The topological polar surface area (TPSA) is 42.4 Å². The van der Waals surface area contributed by atoms with Gasteiger partial charge in [0.1, 0.15) is 12.3 Å². The Morgan fingerprint density at radius 3 is 2.29 bits per heavy atom. The van der Waals surface area contributed by atoms with Gasteiger partial charge in [0, 0.05) is 24.3 Å². The van der Waals surface area contributed by atoms with Crippen molar-refractivity contribution < 1.29 is 9.84 Å². The van der Waals surface area contributed by atoms with E-state index in [0.717, 1.165) is 22.4 Å². The van der Waals surface area contributed by atoms with Crippen LogP contribution in [0.4, 0.5) is 0 Å². The highest BCUT2D eigenvalue weighted by Gasteiger charge is 2.41. The van der Waals surface area contributed by atoms with Crippen LogP contribution in [0.3, 0.4) is 0 Å². The summed E-state index contributed by atoms with van der Waals surface area (Å²) < 4.78 is 5.76. The van der Waals surface area contributed by atoms with Crippen molar-refractivity contribution in [2.45, 2.75) is 53.2 Å². The molecule has 3 nitrogen and oxygen atoms in total. The fourth-order valence-electron chi connectivity index (χ4n) is 2.84. The highest BCUT2D eigenvalue weighted by atomic mass is 16.5. The van der Waals surface area contributed by atoms with Crippen LogP contribution >= 0.6 is 0 Å². The third kappa shape index (κ3) is 8.21. The van der Waals surface area contributed by atoms with Gasteiger partial charge in [-0.05, 0) is 43.4 Å². The number of rotatable bonds is 8. The standard InChI is InChI=1S/C22H21NO.C9H15O/c1-4-10-19(5-2)13-9-14-21-18(3)15-16-22(23-21)24-17-20-11-7-6-8-12-20;1-8(2,7-5-6-7)9(3,4)10/h4-8,10-12,15-16H,1-2,13,17H2,3H3;5-6,10H,1-4H3/b19-10+;. The van der Waals surface area contributed by atoms with Crippen molar-refractivity contribution in [1.29, 1.82) is 0 Å². The predicted octanol–water partition coefficient (Wildman–Crippen LogP) is 6.94. The van der Waals surface area contributed by atoms with Crippen LogP contribution in [0.15, 0.2) is 91.1 Å². The summed E-state index contributed by atoms with van der Waals surface area (Å²) in [5, 5.41) is 9.70. The van der Waals surface area contributed by atoms with E-state index in [0.29, 0.717) is 18.9 Å². The Morgan fingerprint density at radius 1 is 1.09 bits per heavy atom. The number of pyridine rings is 1. The Kier molecular flexibility index (Phi) is 9.66. The minimum Gasteiger partial charge on any atom is -0.473 e. The molecule has 0 unspecified atom stereocenters. The smallest absolute Gasteiger partial charge is 0.214 e. The molecule has 1 radical (unpaired) electrons. The van der Waals surface area contributed by atoms with Crippen molar-refractivity contribution in [3.05, 3.63) is 114 Å². The molecule has 177 valence electrons. The number of aromatic nitrogens is 1. The van der Waals surface area contributed by atoms with E-state index in [4.69, 9.17) is 4.74 Å². The minimum atomic E-state index is -0.619. The summed E-state index contributed by atoms with van der Waals surface area (Å²) >= 11 is 0. The Hall–Kier alpha value is -3.35. The van der Waals surface area contributed by atoms with Crippen molar-refractivity contribution in [3.63, 3.8) is 0 Å². The Morgan fingerprint density at radius 2 is 1.76 bits per heavy atom. The molecule has 34 heavy (non-hydrogen) atoms. The first kappa shape index (κ1) is 26.9. The Labute approximate surface area is 205 Å². The van der Waals surface area contributed by atoms with Crippen LogP contribution < -0.4 is 4.74 Å². The number of allylic oxidation sites excluding steroid dienone is 5. The summed E-state index contributed by atoms with van der Waals surface area (Å²) in [5.74, 6) is 6.82. The minimum absolute atomic E-state index is 0.0903. The molecule has 1 aromatic carbocycles. The average Bonchev–Trinajstić information content (AvgIpc) is 3.65. The third-order valence-electron chi connectivity index (χ3n) is 5.98. The molecule has 1 N–H and O–H groups in total. The summed E-state index contributed by atoms with van der Waals surface area (Å²) in [7, 11) is 0. The van der Waals surface area contributed by atoms with Gasteiger partial charge in [0.05, 0.1) is 5.60 Å². The molecule has 0 amide bonds. The molecule has 1 aliphatic rings. The molecule has 1 aromatic heterocycles. The number of ether oxygens (including phenoxy) is 1. The van der Waals surface area contributed by atoms with Crippen molar-refractivity contribution in [3.8, 4) is 17.7 Å². The van der Waals surface area contributed by atoms with E-state index in [2.05, 4.69) is 56.3 Å². The van der Waals surface area contributed by atoms with E-state index in [1.165, 1.54) is 5.57 Å². The summed E-state index contributed by atoms with van der Waals surface area (Å²) in [6, 6.07) is 13.9. The summed E-state index contributed by atoms with van der Waals surface area (Å²) in [4.78, 5) is 4.49. The van der Waals surface area contributed by atoms with Gasteiger partial charge in [-0.3, -0.25) is 0 Å². The van der Waals surface area contributed by atoms with Crippen LogP contribution in [0.5, 0.6) is 5.88 Å². The first-order valence-electron chi connectivity index (χ1n) is 11.4. The van der Waals surface area contributed by atoms with Crippen LogP contribution in [0, 0.1) is 30.6 Å². The van der Waals surface area contributed by atoms with E-state index >= 15 is 0 Å². The molecule has 0 aliphatic heterocycles. The molecule has 1 aliphatic carbocycles. The van der Waals surface area contributed by atoms with Crippen molar-refractivity contribution in [2.24, 2.45) is 5.41 Å². The molecule has 3 heteroatoms. The molecule has 1 heterocycles. The number of hydrogen-bond donors (Lipinski definition) is 1. The summed E-state index contributed by atoms with van der Waals surface area (Å²) in [6.45, 7) is 17.7. The number of aryl methyl sites for hydroxylation is 1. The first-order chi connectivity index (χ1) is 16.1. The van der Waals surface area contributed by atoms with Crippen LogP contribution in [-0.2, 0) is 6.61 Å². The molecule has 0 saturated carbocycles. The maximum absolute atomic E-state index is 9.70. The van der Waals surface area contributed by atoms with Crippen LogP contribution in [-0.4, -0.2) is 15.7 Å². The maximum Gasteiger partial charge on any atom is 0.214 e. The molecule has 0 atom stereocenters. The van der Waals surface area contributed by atoms with E-state index in [1.807, 2.05) is 69.3 Å². The van der Waals surface area contributed by atoms with Crippen molar-refractivity contribution >= 4 is 0 Å². The highest BCUT2D eigenvalue weighted by molar-refractivity contribution is 5.45. The molecular weight excluding hydrogens is 418 g/mol. The van der Waals surface area contributed by atoms with Gasteiger partial charge in [-0.15, -0.1) is 0 Å². The van der Waals surface area contributed by atoms with E-state index < -0.39 is 5.60 Å². The molecule has 0 bridgehead atoms. The van der Waals surface area contributed by atoms with Gasteiger partial charge in [-0.25, -0.2) is 4.98 Å². The number of aliphatic hydroxyl groups is 1. The van der Waals surface area contributed by atoms with Gasteiger partial charge in [0.25, 0.3) is 0 Å². The zero-order chi connectivity index (χ0) is 25.2. The van der Waals surface area contributed by atoms with Gasteiger partial charge in [-0.2, -0.15) is 0 Å². The van der Waals surface area contributed by atoms with Gasteiger partial charge in [-0.1, -0.05) is 99.2 Å². The van der Waals surface area contributed by atoms with Crippen LogP contribution in [0.25, 0.3) is 0 Å². The zero-order valence-electron chi connectivity index (χ0n) is 21.1. The lowest BCUT2D eigenvalue weighted by Gasteiger charge is -2.35. The third-order valence-corrected chi connectivity index (χ3v) is 5.98. The normalized spacial score (nSPS) is 12.9. The molecule has 0 fully saturated rings. The second kappa shape index (κ2) is 12.2. The number of hydrogen-bond acceptors (Lipinski definition) is 3. The average molecular weight is 455 g/mol. The Bertz CT molecular complexity index is 1100. The monoisotopic (exact) mass is 454 g/mol. The SMILES string of the molecule is C=C/C=C(\C=C)CC#Cc1nc(OCc2ccccc2)ccc1C.CC(C)(O)C(C)(C)C1=C[CH]1. The predicted molar refractivity (Wildman–Crippen MR) is 142 cm³/mol. The second-order valence-corrected chi connectivity index (χ2v) is 9.22. The summed E-state index contributed by atoms with van der Waals surface area (Å²) in [6.07, 6.45) is 10.2. The van der Waals surface area contributed by atoms with Gasteiger partial charge in [0.2, 0.25) is 5.88 Å². The largest absolute Gasteiger partial charge is 0.473 e. The number of benzene rings is 1. The van der Waals surface area contributed by atoms with Crippen LogP contribution in [0.1, 0.15) is 50.9 Å². The Balaban J connectivity index is 0.000000340. The second-order valence-electron chi connectivity index (χ2n) is 9.22. The van der Waals surface area contributed by atoms with Crippen molar-refractivity contribution in [2.75, 3.05) is 0 Å². The summed E-state index contributed by atoms with van der Waals surface area (Å²) in [5.41, 5.74) is 4.47. The van der Waals surface area contributed by atoms with Gasteiger partial charge in [0.15, 0.2) is 0 Å². The first-order valence-corrected chi connectivity index (χ1v) is 11.4. The lowest BCUT2D eigenvalue weighted by atomic mass is 9.75. The maximum atomic E-state index is 9.70. The fraction of sp³-hybridized carbons (Fsp3) is 0.290. The van der Waals surface area contributed by atoms with Crippen molar-refractivity contribution in [1.82, 2.24) is 4.98 Å². The lowest BCUT2D eigenvalue weighted by Crippen LogP contribution is -2.38. The number of nitrogens with zero attached hydrogens (tertiary/aromatic N) is 1. The van der Waals surface area contributed by atoms with Gasteiger partial charge >= 0.3 is 0 Å².